The molecular formula is C18H24N4O3. The van der Waals surface area contributed by atoms with E-state index in [4.69, 9.17) is 9.47 Å². The number of nitrogens with zero attached hydrogens (tertiary/aromatic N) is 2. The zero-order chi connectivity index (χ0) is 17.6. The molecule has 1 fully saturated rings. The van der Waals surface area contributed by atoms with Crippen molar-refractivity contribution >= 4 is 5.91 Å². The summed E-state index contributed by atoms with van der Waals surface area (Å²) in [5.41, 5.74) is 1.53. The van der Waals surface area contributed by atoms with Crippen LogP contribution < -0.4 is 20.1 Å². The van der Waals surface area contributed by atoms with Crippen molar-refractivity contribution in [2.45, 2.75) is 25.5 Å². The molecule has 2 heterocycles. The topological polar surface area (TPSA) is 77.4 Å². The van der Waals surface area contributed by atoms with Crippen LogP contribution in [0.15, 0.2) is 30.6 Å². The Morgan fingerprint density at radius 2 is 2.32 bits per heavy atom. The quantitative estimate of drug-likeness (QED) is 0.830. The Morgan fingerprint density at radius 1 is 1.44 bits per heavy atom. The normalized spacial score (nSPS) is 17.1. The average molecular weight is 344 g/mol. The molecule has 0 saturated carbocycles. The number of amides is 1. The highest BCUT2D eigenvalue weighted by atomic mass is 16.5. The van der Waals surface area contributed by atoms with Crippen LogP contribution in [0.25, 0.3) is 0 Å². The molecule has 0 bridgehead atoms. The highest BCUT2D eigenvalue weighted by Crippen LogP contribution is 2.29. The molecule has 1 aromatic carbocycles. The Morgan fingerprint density at radius 3 is 3.00 bits per heavy atom. The minimum atomic E-state index is -0.0918. The molecule has 0 spiro atoms. The number of hydrogen-bond donors (Lipinski definition) is 2. The number of benzene rings is 1. The van der Waals surface area contributed by atoms with Crippen molar-refractivity contribution in [3.8, 4) is 11.5 Å². The first-order chi connectivity index (χ1) is 12.2. The van der Waals surface area contributed by atoms with E-state index in [1.54, 1.807) is 36.2 Å². The van der Waals surface area contributed by atoms with Crippen LogP contribution in [0.3, 0.4) is 0 Å². The number of carbonyl (C=O) groups excluding carboxylic acids is 1. The molecule has 1 saturated heterocycles. The van der Waals surface area contributed by atoms with Crippen LogP contribution >= 0.6 is 0 Å². The summed E-state index contributed by atoms with van der Waals surface area (Å²) < 4.78 is 12.9. The first kappa shape index (κ1) is 17.3. The van der Waals surface area contributed by atoms with Gasteiger partial charge in [0.1, 0.15) is 6.61 Å². The van der Waals surface area contributed by atoms with Crippen LogP contribution in [0.5, 0.6) is 11.5 Å². The van der Waals surface area contributed by atoms with Gasteiger partial charge in [0, 0.05) is 37.0 Å². The van der Waals surface area contributed by atoms with E-state index in [1.807, 2.05) is 13.2 Å². The number of rotatable bonds is 6. The van der Waals surface area contributed by atoms with E-state index in [1.165, 1.54) is 0 Å². The van der Waals surface area contributed by atoms with Crippen molar-refractivity contribution in [3.05, 3.63) is 41.7 Å². The molecule has 0 aliphatic carbocycles. The van der Waals surface area contributed by atoms with Gasteiger partial charge < -0.3 is 20.1 Å². The number of methoxy groups -OCH3 is 1. The number of aromatic nitrogens is 2. The molecule has 25 heavy (non-hydrogen) atoms. The van der Waals surface area contributed by atoms with E-state index >= 15 is 0 Å². The van der Waals surface area contributed by atoms with Gasteiger partial charge in [-0.1, -0.05) is 0 Å². The summed E-state index contributed by atoms with van der Waals surface area (Å²) in [4.78, 5) is 12.4. The molecule has 3 rings (SSSR count). The fraction of sp³-hybridized carbons (Fsp3) is 0.444. The zero-order valence-electron chi connectivity index (χ0n) is 14.6. The van der Waals surface area contributed by atoms with Gasteiger partial charge >= 0.3 is 0 Å². The van der Waals surface area contributed by atoms with Crippen LogP contribution in [0.1, 0.15) is 28.8 Å². The molecule has 2 N–H and O–H groups in total. The fourth-order valence-corrected chi connectivity index (χ4v) is 2.88. The molecule has 1 amide bonds. The molecule has 1 atom stereocenters. The van der Waals surface area contributed by atoms with E-state index in [0.717, 1.165) is 31.5 Å². The lowest BCUT2D eigenvalue weighted by Crippen LogP contribution is -2.45. The fourth-order valence-electron chi connectivity index (χ4n) is 2.88. The monoisotopic (exact) mass is 344 g/mol. The van der Waals surface area contributed by atoms with Crippen LogP contribution in [0.4, 0.5) is 0 Å². The lowest BCUT2D eigenvalue weighted by atomic mass is 10.1. The maximum Gasteiger partial charge on any atom is 0.251 e. The van der Waals surface area contributed by atoms with Gasteiger partial charge in [-0.3, -0.25) is 9.48 Å². The van der Waals surface area contributed by atoms with Gasteiger partial charge in [0.25, 0.3) is 5.91 Å². The average Bonchev–Trinajstić information content (AvgIpc) is 3.06. The Bertz CT molecular complexity index is 723. The Balaban J connectivity index is 1.64. The van der Waals surface area contributed by atoms with Crippen molar-refractivity contribution < 1.29 is 14.3 Å². The number of aryl methyl sites for hydroxylation is 1. The summed E-state index contributed by atoms with van der Waals surface area (Å²) in [5.74, 6) is 1.05. The predicted molar refractivity (Wildman–Crippen MR) is 93.9 cm³/mol. The maximum absolute atomic E-state index is 12.4. The summed E-state index contributed by atoms with van der Waals surface area (Å²) in [7, 11) is 3.43. The maximum atomic E-state index is 12.4. The summed E-state index contributed by atoms with van der Waals surface area (Å²) in [5, 5.41) is 10.5. The van der Waals surface area contributed by atoms with Gasteiger partial charge in [0.15, 0.2) is 11.5 Å². The number of carbonyl (C=O) groups is 1. The van der Waals surface area contributed by atoms with Gasteiger partial charge in [-0.05, 0) is 37.6 Å². The number of ether oxygens (including phenoxy) is 2. The third kappa shape index (κ3) is 4.51. The molecule has 0 radical (unpaired) electrons. The van der Waals surface area contributed by atoms with Crippen molar-refractivity contribution in [1.29, 1.82) is 0 Å². The largest absolute Gasteiger partial charge is 0.493 e. The predicted octanol–water partition coefficient (Wildman–Crippen LogP) is 1.49. The Hall–Kier alpha value is -2.54. The van der Waals surface area contributed by atoms with Gasteiger partial charge in [0.2, 0.25) is 0 Å². The van der Waals surface area contributed by atoms with Gasteiger partial charge in [-0.25, -0.2) is 0 Å². The summed E-state index contributed by atoms with van der Waals surface area (Å²) in [6, 6.07) is 5.41. The van der Waals surface area contributed by atoms with Crippen LogP contribution in [-0.4, -0.2) is 41.9 Å². The number of hydrogen-bond acceptors (Lipinski definition) is 5. The molecule has 7 heteroatoms. The molecule has 1 aliphatic heterocycles. The second kappa shape index (κ2) is 8.02. The first-order valence-corrected chi connectivity index (χ1v) is 8.45. The molecule has 1 aromatic heterocycles. The molecule has 1 aliphatic rings. The van der Waals surface area contributed by atoms with Gasteiger partial charge in [-0.2, -0.15) is 5.10 Å². The molecule has 2 aromatic rings. The molecule has 7 nitrogen and oxygen atoms in total. The van der Waals surface area contributed by atoms with Crippen LogP contribution in [0.2, 0.25) is 0 Å². The smallest absolute Gasteiger partial charge is 0.251 e. The summed E-state index contributed by atoms with van der Waals surface area (Å²) in [6.07, 6.45) is 5.73. The second-order valence-corrected chi connectivity index (χ2v) is 6.19. The van der Waals surface area contributed by atoms with Crippen molar-refractivity contribution in [2.24, 2.45) is 7.05 Å². The zero-order valence-corrected chi connectivity index (χ0v) is 14.6. The highest BCUT2D eigenvalue weighted by Gasteiger charge is 2.17. The number of piperidine rings is 1. The van der Waals surface area contributed by atoms with Crippen molar-refractivity contribution in [3.63, 3.8) is 0 Å². The van der Waals surface area contributed by atoms with Crippen molar-refractivity contribution in [1.82, 2.24) is 20.4 Å². The minimum Gasteiger partial charge on any atom is -0.493 e. The van der Waals surface area contributed by atoms with Crippen LogP contribution in [-0.2, 0) is 13.7 Å². The standard InChI is InChI=1S/C18H24N4O3/c1-22-11-13(9-20-22)12-25-16-6-5-14(8-17(16)24-2)18(23)21-15-4-3-7-19-10-15/h5-6,8-9,11,15,19H,3-4,7,10,12H2,1-2H3,(H,21,23)/t15-/m0/s1. The van der Waals surface area contributed by atoms with E-state index in [2.05, 4.69) is 15.7 Å². The molecular weight excluding hydrogens is 320 g/mol. The SMILES string of the molecule is COc1cc(C(=O)N[C@H]2CCCNC2)ccc1OCc1cnn(C)c1. The number of nitrogens with one attached hydrogen (secondary N) is 2. The van der Waals surface area contributed by atoms with E-state index in [-0.39, 0.29) is 11.9 Å². The third-order valence-electron chi connectivity index (χ3n) is 4.21. The Labute approximate surface area is 147 Å². The highest BCUT2D eigenvalue weighted by molar-refractivity contribution is 5.95. The summed E-state index contributed by atoms with van der Waals surface area (Å²) in [6.45, 7) is 2.22. The van der Waals surface area contributed by atoms with E-state index in [9.17, 15) is 4.79 Å². The lowest BCUT2D eigenvalue weighted by Gasteiger charge is -2.24. The summed E-state index contributed by atoms with van der Waals surface area (Å²) >= 11 is 0. The molecule has 134 valence electrons. The first-order valence-electron chi connectivity index (χ1n) is 8.45. The van der Waals surface area contributed by atoms with Crippen molar-refractivity contribution in [2.75, 3.05) is 20.2 Å². The van der Waals surface area contributed by atoms with E-state index < -0.39 is 0 Å². The molecule has 0 unspecified atom stereocenters. The van der Waals surface area contributed by atoms with Gasteiger partial charge in [-0.15, -0.1) is 0 Å². The lowest BCUT2D eigenvalue weighted by molar-refractivity contribution is 0.0930. The van der Waals surface area contributed by atoms with Crippen LogP contribution in [0, 0.1) is 0 Å². The van der Waals surface area contributed by atoms with Gasteiger partial charge in [0.05, 0.1) is 13.3 Å². The Kier molecular flexibility index (Phi) is 5.55. The second-order valence-electron chi connectivity index (χ2n) is 6.19. The minimum absolute atomic E-state index is 0.0918. The third-order valence-corrected chi connectivity index (χ3v) is 4.21. The van der Waals surface area contributed by atoms with E-state index in [0.29, 0.717) is 23.7 Å².